The second-order valence-electron chi connectivity index (χ2n) is 4.50. The van der Waals surface area contributed by atoms with Crippen molar-refractivity contribution in [1.29, 1.82) is 0 Å². The summed E-state index contributed by atoms with van der Waals surface area (Å²) < 4.78 is 29.8. The molecule has 0 saturated carbocycles. The Morgan fingerprint density at radius 1 is 1.27 bits per heavy atom. The molecule has 0 aliphatic heterocycles. The van der Waals surface area contributed by atoms with Crippen molar-refractivity contribution in [3.8, 4) is 0 Å². The van der Waals surface area contributed by atoms with Crippen LogP contribution in [0.3, 0.4) is 0 Å². The van der Waals surface area contributed by atoms with Crippen LogP contribution in [0.1, 0.15) is 19.4 Å². The molecule has 0 amide bonds. The second-order valence-corrected chi connectivity index (χ2v) is 6.55. The molecule has 1 aromatic carbocycles. The molecule has 7 nitrogen and oxygen atoms in total. The number of hydrogen-bond donors (Lipinski definition) is 2. The maximum atomic E-state index is 11.4. The zero-order valence-corrected chi connectivity index (χ0v) is 13.7. The molecule has 0 fully saturated rings. The van der Waals surface area contributed by atoms with Gasteiger partial charge in [-0.25, -0.2) is 17.9 Å². The summed E-state index contributed by atoms with van der Waals surface area (Å²) in [5.41, 5.74) is 4.58. The molecule has 2 N–H and O–H groups in total. The Morgan fingerprint density at radius 2 is 1.91 bits per heavy atom. The smallest absolute Gasteiger partial charge is 0.354 e. The average Bonchev–Trinajstić information content (AvgIpc) is 2.52. The largest absolute Gasteiger partial charge is 0.461 e. The molecule has 8 heteroatoms. The van der Waals surface area contributed by atoms with E-state index in [4.69, 9.17) is 4.74 Å². The molecule has 1 aromatic rings. The molecule has 0 spiro atoms. The third-order valence-electron chi connectivity index (χ3n) is 2.85. The summed E-state index contributed by atoms with van der Waals surface area (Å²) in [5.74, 6) is -0.431. The van der Waals surface area contributed by atoms with Crippen LogP contribution in [0.15, 0.2) is 29.4 Å². The number of benzene rings is 1. The topological polar surface area (TPSA) is 96.9 Å². The average molecular weight is 327 g/mol. The van der Waals surface area contributed by atoms with Gasteiger partial charge in [-0.1, -0.05) is 12.1 Å². The lowest BCUT2D eigenvalue weighted by atomic mass is 10.1. The van der Waals surface area contributed by atoms with Crippen LogP contribution in [0.25, 0.3) is 0 Å². The van der Waals surface area contributed by atoms with Gasteiger partial charge in [0.1, 0.15) is 5.71 Å². The predicted molar refractivity (Wildman–Crippen MR) is 86.4 cm³/mol. The van der Waals surface area contributed by atoms with Crippen LogP contribution in [-0.2, 0) is 26.0 Å². The third kappa shape index (κ3) is 6.23. The molecule has 0 unspecified atom stereocenters. The molecule has 0 aliphatic carbocycles. The minimum absolute atomic E-state index is 0.0381. The highest BCUT2D eigenvalue weighted by molar-refractivity contribution is 7.89. The molecular weight excluding hydrogens is 306 g/mol. The van der Waals surface area contributed by atoms with E-state index in [1.54, 1.807) is 26.0 Å². The lowest BCUT2D eigenvalue weighted by Gasteiger charge is -2.05. The van der Waals surface area contributed by atoms with Gasteiger partial charge in [0.05, 0.1) is 18.0 Å². The normalized spacial score (nSPS) is 12.0. The molecule has 0 saturated heterocycles. The number of nitrogens with one attached hydrogen (secondary N) is 2. The summed E-state index contributed by atoms with van der Waals surface area (Å²) in [7, 11) is -1.81. The molecule has 0 aliphatic rings. The highest BCUT2D eigenvalue weighted by atomic mass is 32.2. The van der Waals surface area contributed by atoms with Gasteiger partial charge in [0.25, 0.3) is 0 Å². The summed E-state index contributed by atoms with van der Waals surface area (Å²) >= 11 is 0. The molecule has 0 atom stereocenters. The first-order valence-electron chi connectivity index (χ1n) is 6.85. The van der Waals surface area contributed by atoms with Gasteiger partial charge in [0.15, 0.2) is 0 Å². The van der Waals surface area contributed by atoms with Crippen LogP contribution < -0.4 is 10.1 Å². The third-order valence-corrected chi connectivity index (χ3v) is 4.21. The quantitative estimate of drug-likeness (QED) is 0.424. The van der Waals surface area contributed by atoms with E-state index in [0.29, 0.717) is 18.7 Å². The molecule has 0 heterocycles. The summed E-state index contributed by atoms with van der Waals surface area (Å²) in [5, 5.41) is 3.93. The lowest BCUT2D eigenvalue weighted by molar-refractivity contribution is -0.135. The molecule has 0 radical (unpaired) electrons. The van der Waals surface area contributed by atoms with Crippen LogP contribution in [0.5, 0.6) is 0 Å². The highest BCUT2D eigenvalue weighted by Gasteiger charge is 2.07. The molecule has 0 aromatic heterocycles. The fourth-order valence-electron chi connectivity index (χ4n) is 1.53. The fraction of sp³-hybridized carbons (Fsp3) is 0.429. The van der Waals surface area contributed by atoms with Crippen molar-refractivity contribution in [2.24, 2.45) is 5.10 Å². The predicted octanol–water partition coefficient (Wildman–Crippen LogP) is 1.13. The number of ether oxygens (including phenoxy) is 1. The maximum absolute atomic E-state index is 11.4. The van der Waals surface area contributed by atoms with Crippen LogP contribution >= 0.6 is 0 Å². The summed E-state index contributed by atoms with van der Waals surface area (Å²) in [4.78, 5) is 11.4. The number of nitrogens with zero attached hydrogens (tertiary/aromatic N) is 1. The SMILES string of the molecule is CCOC(=O)/C(C)=N\Nc1ccc(CCS(=O)(=O)NC)cc1. The van der Waals surface area contributed by atoms with Crippen molar-refractivity contribution in [2.75, 3.05) is 24.8 Å². The van der Waals surface area contributed by atoms with Gasteiger partial charge < -0.3 is 4.74 Å². The second kappa shape index (κ2) is 8.50. The van der Waals surface area contributed by atoms with Gasteiger partial charge in [0, 0.05) is 0 Å². The van der Waals surface area contributed by atoms with Crippen LogP contribution in [0.2, 0.25) is 0 Å². The van der Waals surface area contributed by atoms with E-state index in [2.05, 4.69) is 15.2 Å². The van der Waals surface area contributed by atoms with Gasteiger partial charge in [-0.15, -0.1) is 0 Å². The number of carbonyl (C=O) groups is 1. The van der Waals surface area contributed by atoms with E-state index >= 15 is 0 Å². The number of sulfonamides is 1. The Balaban J connectivity index is 2.58. The Morgan fingerprint density at radius 3 is 2.45 bits per heavy atom. The molecule has 122 valence electrons. The van der Waals surface area contributed by atoms with Gasteiger partial charge in [0.2, 0.25) is 10.0 Å². The van der Waals surface area contributed by atoms with Crippen molar-refractivity contribution in [1.82, 2.24) is 4.72 Å². The number of carbonyl (C=O) groups excluding carboxylic acids is 1. The van der Waals surface area contributed by atoms with Crippen LogP contribution in [0.4, 0.5) is 5.69 Å². The van der Waals surface area contributed by atoms with Gasteiger partial charge >= 0.3 is 5.97 Å². The van der Waals surface area contributed by atoms with Crippen molar-refractivity contribution < 1.29 is 17.9 Å². The fourth-order valence-corrected chi connectivity index (χ4v) is 2.24. The minimum Gasteiger partial charge on any atom is -0.461 e. The first-order valence-corrected chi connectivity index (χ1v) is 8.50. The zero-order valence-electron chi connectivity index (χ0n) is 12.9. The lowest BCUT2D eigenvalue weighted by Crippen LogP contribution is -2.23. The first kappa shape index (κ1) is 18.1. The summed E-state index contributed by atoms with van der Waals surface area (Å²) in [6.45, 7) is 3.59. The van der Waals surface area contributed by atoms with Gasteiger partial charge in [-0.3, -0.25) is 5.43 Å². The van der Waals surface area contributed by atoms with E-state index in [0.717, 1.165) is 5.56 Å². The summed E-state index contributed by atoms with van der Waals surface area (Å²) in [6.07, 6.45) is 0.425. The zero-order chi connectivity index (χ0) is 16.6. The summed E-state index contributed by atoms with van der Waals surface area (Å²) in [6, 6.07) is 7.15. The van der Waals surface area contributed by atoms with Gasteiger partial charge in [-0.2, -0.15) is 5.10 Å². The minimum atomic E-state index is -3.20. The molecule has 22 heavy (non-hydrogen) atoms. The first-order chi connectivity index (χ1) is 10.4. The van der Waals surface area contributed by atoms with Crippen molar-refractivity contribution in [3.63, 3.8) is 0 Å². The van der Waals surface area contributed by atoms with E-state index < -0.39 is 16.0 Å². The number of esters is 1. The number of hydrogen-bond acceptors (Lipinski definition) is 6. The number of hydrazone groups is 1. The van der Waals surface area contributed by atoms with Gasteiger partial charge in [-0.05, 0) is 45.0 Å². The maximum Gasteiger partial charge on any atom is 0.354 e. The van der Waals surface area contributed by atoms with Crippen molar-refractivity contribution in [2.45, 2.75) is 20.3 Å². The van der Waals surface area contributed by atoms with E-state index in [1.165, 1.54) is 7.05 Å². The molecule has 0 bridgehead atoms. The molecule has 1 rings (SSSR count). The van der Waals surface area contributed by atoms with E-state index in [9.17, 15) is 13.2 Å². The van der Waals surface area contributed by atoms with Crippen LogP contribution in [-0.4, -0.2) is 39.5 Å². The van der Waals surface area contributed by atoms with Crippen LogP contribution in [0, 0.1) is 0 Å². The Bertz CT molecular complexity index is 624. The number of aryl methyl sites for hydroxylation is 1. The number of anilines is 1. The highest BCUT2D eigenvalue weighted by Crippen LogP contribution is 2.10. The Labute approximate surface area is 130 Å². The van der Waals surface area contributed by atoms with Crippen molar-refractivity contribution >= 4 is 27.4 Å². The number of rotatable bonds is 8. The van der Waals surface area contributed by atoms with E-state index in [-0.39, 0.29) is 11.5 Å². The van der Waals surface area contributed by atoms with Crippen molar-refractivity contribution in [3.05, 3.63) is 29.8 Å². The standard InChI is InChI=1S/C14H21N3O4S/c1-4-21-14(18)11(2)16-17-13-7-5-12(6-8-13)9-10-22(19,20)15-3/h5-8,15,17H,4,9-10H2,1-3H3/b16-11-. The van der Waals surface area contributed by atoms with E-state index in [1.807, 2.05) is 12.1 Å². The monoisotopic (exact) mass is 327 g/mol. The Kier molecular flexibility index (Phi) is 7.00. The Hall–Kier alpha value is -1.93. The molecular formula is C14H21N3O4S.